The van der Waals surface area contributed by atoms with Crippen molar-refractivity contribution in [1.82, 2.24) is 14.5 Å². The van der Waals surface area contributed by atoms with Crippen LogP contribution in [0.5, 0.6) is 0 Å². The number of carbonyl (C=O) groups is 1. The van der Waals surface area contributed by atoms with Crippen LogP contribution in [-0.4, -0.2) is 31.4 Å². The maximum absolute atomic E-state index is 10.8. The summed E-state index contributed by atoms with van der Waals surface area (Å²) in [5.74, 6) is -0.797. The fourth-order valence-corrected chi connectivity index (χ4v) is 3.16. The van der Waals surface area contributed by atoms with Crippen molar-refractivity contribution in [3.8, 4) is 0 Å². The van der Waals surface area contributed by atoms with Crippen LogP contribution < -0.4 is 0 Å². The van der Waals surface area contributed by atoms with Gasteiger partial charge in [0, 0.05) is 12.2 Å². The molecule has 0 aliphatic carbocycles. The normalized spacial score (nSPS) is 12.7. The summed E-state index contributed by atoms with van der Waals surface area (Å²) in [5, 5.41) is 9.64. The molecule has 1 N–H and O–H groups in total. The largest absolute Gasteiger partial charge is 0.481 e. The molecule has 6 heteroatoms. The predicted octanol–water partition coefficient (Wildman–Crippen LogP) is 3.36. The van der Waals surface area contributed by atoms with E-state index in [0.717, 1.165) is 35.5 Å². The predicted molar refractivity (Wildman–Crippen MR) is 80.1 cm³/mol. The molecule has 0 fully saturated rings. The van der Waals surface area contributed by atoms with E-state index in [9.17, 15) is 4.79 Å². The lowest BCUT2D eigenvalue weighted by atomic mass is 10.1. The zero-order valence-electron chi connectivity index (χ0n) is 11.7. The van der Waals surface area contributed by atoms with Crippen LogP contribution in [-0.2, 0) is 4.79 Å². The number of aliphatic carboxylic acids is 1. The minimum Gasteiger partial charge on any atom is -0.481 e. The minimum atomic E-state index is -0.824. The van der Waals surface area contributed by atoms with Crippen molar-refractivity contribution in [2.45, 2.75) is 44.3 Å². The van der Waals surface area contributed by atoms with Gasteiger partial charge in [0.05, 0.1) is 17.5 Å². The van der Waals surface area contributed by atoms with Crippen molar-refractivity contribution >= 4 is 28.8 Å². The van der Waals surface area contributed by atoms with Crippen LogP contribution in [0.25, 0.3) is 11.0 Å². The van der Waals surface area contributed by atoms with Gasteiger partial charge in [-0.2, -0.15) is 0 Å². The first-order valence-corrected chi connectivity index (χ1v) is 7.82. The lowest BCUT2D eigenvalue weighted by Crippen LogP contribution is -2.10. The first-order valence-electron chi connectivity index (χ1n) is 6.83. The van der Waals surface area contributed by atoms with Crippen LogP contribution in [0, 0.1) is 0 Å². The number of imidazole rings is 1. The molecule has 2 heterocycles. The maximum atomic E-state index is 10.8. The van der Waals surface area contributed by atoms with Gasteiger partial charge in [-0.1, -0.05) is 32.0 Å². The molecule has 108 valence electrons. The monoisotopic (exact) mass is 293 g/mol. The smallest absolute Gasteiger partial charge is 0.313 e. The Morgan fingerprint density at radius 2 is 2.30 bits per heavy atom. The van der Waals surface area contributed by atoms with Crippen molar-refractivity contribution in [2.75, 3.05) is 5.75 Å². The molecule has 0 saturated carbocycles. The van der Waals surface area contributed by atoms with Gasteiger partial charge in [-0.3, -0.25) is 9.78 Å². The van der Waals surface area contributed by atoms with E-state index in [2.05, 4.69) is 28.4 Å². The van der Waals surface area contributed by atoms with E-state index in [1.54, 1.807) is 12.4 Å². The van der Waals surface area contributed by atoms with E-state index >= 15 is 0 Å². The van der Waals surface area contributed by atoms with Crippen LogP contribution in [0.2, 0.25) is 0 Å². The highest BCUT2D eigenvalue weighted by Gasteiger charge is 2.18. The molecule has 2 aromatic heterocycles. The quantitative estimate of drug-likeness (QED) is 0.793. The number of thioether (sulfide) groups is 1. The summed E-state index contributed by atoms with van der Waals surface area (Å²) in [6.45, 7) is 4.31. The number of pyridine rings is 1. The molecule has 0 aliphatic heterocycles. The van der Waals surface area contributed by atoms with Crippen LogP contribution in [0.3, 0.4) is 0 Å². The van der Waals surface area contributed by atoms with Gasteiger partial charge < -0.3 is 9.67 Å². The summed E-state index contributed by atoms with van der Waals surface area (Å²) in [5.41, 5.74) is 1.86. The molecule has 0 bridgehead atoms. The van der Waals surface area contributed by atoms with E-state index in [-0.39, 0.29) is 5.75 Å². The Kier molecular flexibility index (Phi) is 5.00. The number of carboxylic acid groups (broad SMARTS) is 1. The molecule has 1 unspecified atom stereocenters. The highest BCUT2D eigenvalue weighted by Crippen LogP contribution is 2.31. The van der Waals surface area contributed by atoms with E-state index in [4.69, 9.17) is 5.11 Å². The Morgan fingerprint density at radius 1 is 1.50 bits per heavy atom. The summed E-state index contributed by atoms with van der Waals surface area (Å²) in [7, 11) is 0. The second kappa shape index (κ2) is 6.74. The summed E-state index contributed by atoms with van der Waals surface area (Å²) in [4.78, 5) is 19.4. The minimum absolute atomic E-state index is 0.0271. The summed E-state index contributed by atoms with van der Waals surface area (Å²) in [6, 6.07) is 2.30. The standard InChI is InChI=1S/C14H19N3O2S/c1-3-5-10(4-2)17-12-6-7-15-8-11(12)16-14(17)20-9-13(18)19/h6-8,10H,3-5,9H2,1-2H3,(H,18,19). The lowest BCUT2D eigenvalue weighted by Gasteiger charge is -2.19. The first kappa shape index (κ1) is 14.8. The average molecular weight is 293 g/mol. The zero-order valence-corrected chi connectivity index (χ0v) is 12.6. The van der Waals surface area contributed by atoms with Crippen molar-refractivity contribution in [3.05, 3.63) is 18.5 Å². The Morgan fingerprint density at radius 3 is 2.95 bits per heavy atom. The first-order chi connectivity index (χ1) is 9.67. The SMILES string of the molecule is CCCC(CC)n1c(SCC(=O)O)nc2cnccc21. The molecule has 0 amide bonds. The molecule has 0 aromatic carbocycles. The van der Waals surface area contributed by atoms with Crippen LogP contribution in [0.4, 0.5) is 0 Å². The maximum Gasteiger partial charge on any atom is 0.313 e. The van der Waals surface area contributed by atoms with Gasteiger partial charge in [-0.05, 0) is 18.9 Å². The number of hydrogen-bond donors (Lipinski definition) is 1. The van der Waals surface area contributed by atoms with E-state index in [0.29, 0.717) is 6.04 Å². The van der Waals surface area contributed by atoms with Crippen LogP contribution in [0.15, 0.2) is 23.6 Å². The van der Waals surface area contributed by atoms with Crippen molar-refractivity contribution in [3.63, 3.8) is 0 Å². The summed E-state index contributed by atoms with van der Waals surface area (Å²) < 4.78 is 2.17. The van der Waals surface area contributed by atoms with E-state index in [1.807, 2.05) is 6.07 Å². The number of hydrogen-bond acceptors (Lipinski definition) is 4. The third-order valence-electron chi connectivity index (χ3n) is 3.24. The fourth-order valence-electron chi connectivity index (χ4n) is 2.36. The van der Waals surface area contributed by atoms with E-state index < -0.39 is 5.97 Å². The van der Waals surface area contributed by atoms with Crippen molar-refractivity contribution in [1.29, 1.82) is 0 Å². The van der Waals surface area contributed by atoms with Gasteiger partial charge in [0.1, 0.15) is 5.52 Å². The molecule has 0 aliphatic rings. The number of aromatic nitrogens is 3. The average Bonchev–Trinajstić information content (AvgIpc) is 2.81. The highest BCUT2D eigenvalue weighted by atomic mass is 32.2. The molecule has 2 aromatic rings. The summed E-state index contributed by atoms with van der Waals surface area (Å²) in [6.07, 6.45) is 6.64. The number of carboxylic acids is 1. The molecule has 20 heavy (non-hydrogen) atoms. The Labute approximate surface area is 122 Å². The lowest BCUT2D eigenvalue weighted by molar-refractivity contribution is -0.133. The van der Waals surface area contributed by atoms with Crippen molar-refractivity contribution < 1.29 is 9.90 Å². The van der Waals surface area contributed by atoms with Gasteiger partial charge in [0.2, 0.25) is 0 Å². The number of nitrogens with zero attached hydrogens (tertiary/aromatic N) is 3. The van der Waals surface area contributed by atoms with Gasteiger partial charge in [-0.15, -0.1) is 0 Å². The van der Waals surface area contributed by atoms with Gasteiger partial charge in [0.15, 0.2) is 5.16 Å². The van der Waals surface area contributed by atoms with Gasteiger partial charge in [-0.25, -0.2) is 4.98 Å². The van der Waals surface area contributed by atoms with Gasteiger partial charge >= 0.3 is 5.97 Å². The van der Waals surface area contributed by atoms with Crippen LogP contribution in [0.1, 0.15) is 39.2 Å². The molecule has 1 atom stereocenters. The Bertz CT molecular complexity index is 597. The molecule has 5 nitrogen and oxygen atoms in total. The zero-order chi connectivity index (χ0) is 14.5. The third-order valence-corrected chi connectivity index (χ3v) is 4.18. The number of rotatable bonds is 7. The van der Waals surface area contributed by atoms with Crippen LogP contribution >= 0.6 is 11.8 Å². The van der Waals surface area contributed by atoms with Crippen molar-refractivity contribution in [2.24, 2.45) is 0 Å². The Hall–Kier alpha value is -1.56. The van der Waals surface area contributed by atoms with E-state index in [1.165, 1.54) is 11.8 Å². The van der Waals surface area contributed by atoms with Gasteiger partial charge in [0.25, 0.3) is 0 Å². The fraction of sp³-hybridized carbons (Fsp3) is 0.500. The molecular weight excluding hydrogens is 274 g/mol. The molecule has 0 saturated heterocycles. The number of fused-ring (bicyclic) bond motifs is 1. The molecule has 2 rings (SSSR count). The topological polar surface area (TPSA) is 68.0 Å². The molecule has 0 radical (unpaired) electrons. The third kappa shape index (κ3) is 3.12. The Balaban J connectivity index is 2.45. The molecular formula is C14H19N3O2S. The second-order valence-corrected chi connectivity index (χ2v) is 5.60. The summed E-state index contributed by atoms with van der Waals surface area (Å²) >= 11 is 1.27. The molecule has 0 spiro atoms. The second-order valence-electron chi connectivity index (χ2n) is 4.66. The highest BCUT2D eigenvalue weighted by molar-refractivity contribution is 7.99.